The molecule has 1 aromatic carbocycles. The molecule has 0 aliphatic carbocycles. The van der Waals surface area contributed by atoms with Crippen molar-refractivity contribution >= 4 is 11.3 Å². The van der Waals surface area contributed by atoms with Crippen molar-refractivity contribution in [3.05, 3.63) is 30.3 Å². The van der Waals surface area contributed by atoms with Crippen LogP contribution in [0.15, 0.2) is 24.8 Å². The molecule has 0 bridgehead atoms. The summed E-state index contributed by atoms with van der Waals surface area (Å²) in [6.07, 6.45) is 0. The lowest BCUT2D eigenvalue weighted by Gasteiger charge is -2.03. The highest BCUT2D eigenvalue weighted by Gasteiger charge is 2.00. The van der Waals surface area contributed by atoms with Crippen LogP contribution >= 0.6 is 0 Å². The molecule has 2 heteroatoms. The molecular formula is C9H11NO. The molecule has 0 spiro atoms. The number of allylic oxidation sites excluding steroid dienone is 1. The minimum absolute atomic E-state index is 0.228. The number of hydrogen-bond acceptors (Lipinski definition) is 2. The number of benzene rings is 1. The lowest BCUT2D eigenvalue weighted by molar-refractivity contribution is 0.473. The molecule has 0 heterocycles. The Bertz CT molecular complexity index is 292. The van der Waals surface area contributed by atoms with Gasteiger partial charge in [-0.15, -0.1) is 0 Å². The smallest absolute Gasteiger partial charge is 0.123 e. The summed E-state index contributed by atoms with van der Waals surface area (Å²) in [5, 5.41) is 9.29. The van der Waals surface area contributed by atoms with Gasteiger partial charge in [-0.1, -0.05) is 6.58 Å². The molecule has 58 valence electrons. The summed E-state index contributed by atoms with van der Waals surface area (Å²) in [6, 6.07) is 4.93. The quantitative estimate of drug-likeness (QED) is 0.474. The van der Waals surface area contributed by atoms with E-state index in [2.05, 4.69) is 6.58 Å². The fourth-order valence-electron chi connectivity index (χ4n) is 0.895. The van der Waals surface area contributed by atoms with Crippen LogP contribution in [0.2, 0.25) is 0 Å². The minimum Gasteiger partial charge on any atom is -0.507 e. The third kappa shape index (κ3) is 1.52. The van der Waals surface area contributed by atoms with E-state index < -0.39 is 0 Å². The van der Waals surface area contributed by atoms with Gasteiger partial charge >= 0.3 is 0 Å². The maximum absolute atomic E-state index is 9.29. The number of anilines is 1. The number of phenolic OH excluding ortho intramolecular Hbond substituents is 1. The van der Waals surface area contributed by atoms with Gasteiger partial charge < -0.3 is 10.8 Å². The summed E-state index contributed by atoms with van der Waals surface area (Å²) >= 11 is 0. The Kier molecular flexibility index (Phi) is 1.85. The molecule has 2 nitrogen and oxygen atoms in total. The summed E-state index contributed by atoms with van der Waals surface area (Å²) < 4.78 is 0. The molecule has 0 amide bonds. The van der Waals surface area contributed by atoms with Gasteiger partial charge in [-0.05, 0) is 30.7 Å². The van der Waals surface area contributed by atoms with Gasteiger partial charge in [0.05, 0.1) is 0 Å². The lowest BCUT2D eigenvalue weighted by atomic mass is 10.1. The van der Waals surface area contributed by atoms with Crippen molar-refractivity contribution in [3.8, 4) is 5.75 Å². The zero-order valence-corrected chi connectivity index (χ0v) is 6.46. The van der Waals surface area contributed by atoms with Gasteiger partial charge in [0.15, 0.2) is 0 Å². The fraction of sp³-hybridized carbons (Fsp3) is 0.111. The van der Waals surface area contributed by atoms with Crippen molar-refractivity contribution < 1.29 is 5.11 Å². The molecule has 0 aliphatic rings. The molecule has 0 saturated carbocycles. The Morgan fingerprint density at radius 3 is 2.64 bits per heavy atom. The monoisotopic (exact) mass is 149 g/mol. The van der Waals surface area contributed by atoms with Gasteiger partial charge in [0.25, 0.3) is 0 Å². The van der Waals surface area contributed by atoms with Gasteiger partial charge in [-0.2, -0.15) is 0 Å². The van der Waals surface area contributed by atoms with Crippen LogP contribution in [0.25, 0.3) is 5.57 Å². The summed E-state index contributed by atoms with van der Waals surface area (Å²) in [4.78, 5) is 0. The van der Waals surface area contributed by atoms with Crippen LogP contribution in [0.4, 0.5) is 5.69 Å². The normalized spacial score (nSPS) is 9.55. The van der Waals surface area contributed by atoms with E-state index in [4.69, 9.17) is 5.73 Å². The summed E-state index contributed by atoms with van der Waals surface area (Å²) in [5.74, 6) is 0.228. The third-order valence-corrected chi connectivity index (χ3v) is 1.48. The first-order valence-electron chi connectivity index (χ1n) is 3.35. The first-order valence-corrected chi connectivity index (χ1v) is 3.35. The zero-order valence-electron chi connectivity index (χ0n) is 6.46. The second-order valence-corrected chi connectivity index (χ2v) is 2.56. The predicted molar refractivity (Wildman–Crippen MR) is 47.2 cm³/mol. The number of aromatic hydroxyl groups is 1. The summed E-state index contributed by atoms with van der Waals surface area (Å²) in [6.45, 7) is 5.54. The van der Waals surface area contributed by atoms with E-state index in [0.29, 0.717) is 11.3 Å². The highest BCUT2D eigenvalue weighted by atomic mass is 16.3. The largest absolute Gasteiger partial charge is 0.507 e. The molecule has 0 unspecified atom stereocenters. The van der Waals surface area contributed by atoms with Crippen molar-refractivity contribution in [2.24, 2.45) is 0 Å². The van der Waals surface area contributed by atoms with Gasteiger partial charge in [0.2, 0.25) is 0 Å². The summed E-state index contributed by atoms with van der Waals surface area (Å²) in [5.41, 5.74) is 7.68. The van der Waals surface area contributed by atoms with Gasteiger partial charge in [-0.25, -0.2) is 0 Å². The van der Waals surface area contributed by atoms with Crippen LogP contribution in [-0.4, -0.2) is 5.11 Å². The highest BCUT2D eigenvalue weighted by Crippen LogP contribution is 2.25. The van der Waals surface area contributed by atoms with Gasteiger partial charge in [0.1, 0.15) is 5.75 Å². The average molecular weight is 149 g/mol. The van der Waals surface area contributed by atoms with Gasteiger partial charge in [-0.3, -0.25) is 0 Å². The Balaban J connectivity index is 3.23. The first kappa shape index (κ1) is 7.66. The Morgan fingerprint density at radius 2 is 2.18 bits per heavy atom. The van der Waals surface area contributed by atoms with Crippen molar-refractivity contribution in [1.29, 1.82) is 0 Å². The van der Waals surface area contributed by atoms with E-state index >= 15 is 0 Å². The molecule has 0 fully saturated rings. The Labute approximate surface area is 66.0 Å². The molecule has 0 radical (unpaired) electrons. The van der Waals surface area contributed by atoms with E-state index in [9.17, 15) is 5.11 Å². The average Bonchev–Trinajstić information content (AvgIpc) is 1.94. The number of rotatable bonds is 1. The van der Waals surface area contributed by atoms with Crippen molar-refractivity contribution in [2.75, 3.05) is 5.73 Å². The Hall–Kier alpha value is -1.44. The van der Waals surface area contributed by atoms with Crippen LogP contribution in [-0.2, 0) is 0 Å². The van der Waals surface area contributed by atoms with E-state index in [1.807, 2.05) is 6.92 Å². The summed E-state index contributed by atoms with van der Waals surface area (Å²) in [7, 11) is 0. The fourth-order valence-corrected chi connectivity index (χ4v) is 0.895. The lowest BCUT2D eigenvalue weighted by Crippen LogP contribution is -1.86. The number of nitrogens with two attached hydrogens (primary N) is 1. The zero-order chi connectivity index (χ0) is 8.43. The van der Waals surface area contributed by atoms with Crippen molar-refractivity contribution in [3.63, 3.8) is 0 Å². The molecular weight excluding hydrogens is 138 g/mol. The molecule has 0 atom stereocenters. The molecule has 0 aliphatic heterocycles. The Morgan fingerprint density at radius 1 is 1.55 bits per heavy atom. The molecule has 11 heavy (non-hydrogen) atoms. The maximum atomic E-state index is 9.29. The van der Waals surface area contributed by atoms with Crippen LogP contribution in [0.5, 0.6) is 5.75 Å². The van der Waals surface area contributed by atoms with E-state index in [1.165, 1.54) is 0 Å². The van der Waals surface area contributed by atoms with Gasteiger partial charge in [0, 0.05) is 11.3 Å². The standard InChI is InChI=1S/C9H11NO/c1-6(2)8-5-7(10)3-4-9(8)11/h3-5,11H,1,10H2,2H3. The topological polar surface area (TPSA) is 46.2 Å². The van der Waals surface area contributed by atoms with E-state index in [-0.39, 0.29) is 5.75 Å². The second kappa shape index (κ2) is 2.66. The molecule has 3 N–H and O–H groups in total. The SMILES string of the molecule is C=C(C)c1cc(N)ccc1O. The van der Waals surface area contributed by atoms with Crippen LogP contribution < -0.4 is 5.73 Å². The maximum Gasteiger partial charge on any atom is 0.123 e. The van der Waals surface area contributed by atoms with E-state index in [0.717, 1.165) is 5.57 Å². The number of phenols is 1. The minimum atomic E-state index is 0.228. The van der Waals surface area contributed by atoms with Crippen LogP contribution in [0.3, 0.4) is 0 Å². The number of nitrogen functional groups attached to an aromatic ring is 1. The number of hydrogen-bond donors (Lipinski definition) is 2. The first-order chi connectivity index (χ1) is 5.11. The predicted octanol–water partition coefficient (Wildman–Crippen LogP) is 2.01. The molecule has 1 rings (SSSR count). The van der Waals surface area contributed by atoms with Crippen LogP contribution in [0, 0.1) is 0 Å². The third-order valence-electron chi connectivity index (χ3n) is 1.48. The second-order valence-electron chi connectivity index (χ2n) is 2.56. The molecule has 0 aromatic heterocycles. The molecule has 0 saturated heterocycles. The van der Waals surface area contributed by atoms with E-state index in [1.54, 1.807) is 18.2 Å². The molecule has 1 aromatic rings. The van der Waals surface area contributed by atoms with Crippen LogP contribution in [0.1, 0.15) is 12.5 Å². The van der Waals surface area contributed by atoms with Crippen molar-refractivity contribution in [1.82, 2.24) is 0 Å². The highest BCUT2D eigenvalue weighted by molar-refractivity contribution is 5.69. The van der Waals surface area contributed by atoms with Crippen molar-refractivity contribution in [2.45, 2.75) is 6.92 Å².